The average molecular weight is 167 g/mol. The van der Waals surface area contributed by atoms with Crippen LogP contribution >= 0.6 is 0 Å². The van der Waals surface area contributed by atoms with Gasteiger partial charge in [-0.1, -0.05) is 0 Å². The molecule has 12 heavy (non-hydrogen) atoms. The second kappa shape index (κ2) is 2.84. The van der Waals surface area contributed by atoms with Gasteiger partial charge >= 0.3 is 0 Å². The summed E-state index contributed by atoms with van der Waals surface area (Å²) in [7, 11) is 0. The van der Waals surface area contributed by atoms with Gasteiger partial charge in [-0.15, -0.1) is 0 Å². The predicted molar refractivity (Wildman–Crippen MR) is 47.7 cm³/mol. The lowest BCUT2D eigenvalue weighted by Gasteiger charge is -2.50. The fourth-order valence-corrected chi connectivity index (χ4v) is 2.85. The minimum Gasteiger partial charge on any atom is -0.328 e. The number of nitrogens with two attached hydrogens (primary N) is 1. The summed E-state index contributed by atoms with van der Waals surface area (Å²) in [5.41, 5.74) is 6.35. The van der Waals surface area contributed by atoms with Gasteiger partial charge in [0.15, 0.2) is 0 Å². The number of carbonyl (C=O) groups excluding carboxylic acids is 1. The predicted octanol–water partition coefficient (Wildman–Crippen LogP) is 1.48. The molecular weight excluding hydrogens is 150 g/mol. The van der Waals surface area contributed by atoms with Gasteiger partial charge in [-0.3, -0.25) is 0 Å². The van der Waals surface area contributed by atoms with Crippen molar-refractivity contribution >= 4 is 6.29 Å². The molecule has 2 aliphatic carbocycles. The van der Waals surface area contributed by atoms with Gasteiger partial charge in [0, 0.05) is 12.0 Å². The zero-order chi connectivity index (χ0) is 8.60. The maximum atomic E-state index is 10.5. The first kappa shape index (κ1) is 8.24. The molecule has 1 spiro atoms. The Morgan fingerprint density at radius 3 is 2.25 bits per heavy atom. The first-order chi connectivity index (χ1) is 5.74. The van der Waals surface area contributed by atoms with Crippen LogP contribution in [0.3, 0.4) is 0 Å². The summed E-state index contributed by atoms with van der Waals surface area (Å²) in [5.74, 6) is 0.354. The van der Waals surface area contributed by atoms with E-state index in [0.29, 0.717) is 17.4 Å². The molecule has 0 amide bonds. The van der Waals surface area contributed by atoms with Crippen LogP contribution in [0.15, 0.2) is 0 Å². The van der Waals surface area contributed by atoms with Crippen LogP contribution in [0.5, 0.6) is 0 Å². The van der Waals surface area contributed by atoms with Gasteiger partial charge in [-0.05, 0) is 43.9 Å². The number of hydrogen-bond acceptors (Lipinski definition) is 2. The van der Waals surface area contributed by atoms with Gasteiger partial charge in [-0.25, -0.2) is 0 Å². The van der Waals surface area contributed by atoms with Gasteiger partial charge in [0.1, 0.15) is 6.29 Å². The molecule has 2 heteroatoms. The van der Waals surface area contributed by atoms with Crippen LogP contribution in [-0.2, 0) is 4.79 Å². The van der Waals surface area contributed by atoms with E-state index in [0.717, 1.165) is 19.1 Å². The first-order valence-corrected chi connectivity index (χ1v) is 4.95. The molecule has 0 bridgehead atoms. The summed E-state index contributed by atoms with van der Waals surface area (Å²) in [6.07, 6.45) is 8.24. The number of rotatable bonds is 1. The molecule has 0 atom stereocenters. The van der Waals surface area contributed by atoms with Gasteiger partial charge in [0.2, 0.25) is 0 Å². The van der Waals surface area contributed by atoms with Crippen LogP contribution in [0.1, 0.15) is 38.5 Å². The van der Waals surface area contributed by atoms with Crippen LogP contribution in [0.4, 0.5) is 0 Å². The van der Waals surface area contributed by atoms with E-state index >= 15 is 0 Å². The monoisotopic (exact) mass is 167 g/mol. The van der Waals surface area contributed by atoms with Crippen LogP contribution in [0.2, 0.25) is 0 Å². The lowest BCUT2D eigenvalue weighted by Crippen LogP contribution is -2.47. The van der Waals surface area contributed by atoms with Gasteiger partial charge in [-0.2, -0.15) is 0 Å². The van der Waals surface area contributed by atoms with Crippen LogP contribution in [0, 0.1) is 11.3 Å². The Morgan fingerprint density at radius 1 is 1.25 bits per heavy atom. The summed E-state index contributed by atoms with van der Waals surface area (Å²) in [6, 6.07) is 0.456. The van der Waals surface area contributed by atoms with Gasteiger partial charge in [0.25, 0.3) is 0 Å². The molecule has 0 heterocycles. The van der Waals surface area contributed by atoms with Crippen molar-refractivity contribution in [2.45, 2.75) is 44.6 Å². The normalized spacial score (nSPS) is 47.1. The fourth-order valence-electron chi connectivity index (χ4n) is 2.85. The van der Waals surface area contributed by atoms with Crippen molar-refractivity contribution in [1.29, 1.82) is 0 Å². The fraction of sp³-hybridized carbons (Fsp3) is 0.900. The van der Waals surface area contributed by atoms with Crippen molar-refractivity contribution < 1.29 is 4.79 Å². The quantitative estimate of drug-likeness (QED) is 0.601. The summed E-state index contributed by atoms with van der Waals surface area (Å²) < 4.78 is 0. The van der Waals surface area contributed by atoms with Gasteiger partial charge < -0.3 is 10.5 Å². The maximum absolute atomic E-state index is 10.5. The highest BCUT2D eigenvalue weighted by atomic mass is 16.1. The Labute approximate surface area is 73.5 Å². The second-order valence-corrected chi connectivity index (χ2v) is 4.64. The summed E-state index contributed by atoms with van der Waals surface area (Å²) >= 11 is 0. The Balaban J connectivity index is 1.86. The van der Waals surface area contributed by atoms with Crippen LogP contribution in [-0.4, -0.2) is 12.3 Å². The Hall–Kier alpha value is -0.370. The highest BCUT2D eigenvalue weighted by molar-refractivity contribution is 5.53. The molecule has 0 aromatic heterocycles. The largest absolute Gasteiger partial charge is 0.328 e. The molecule has 0 radical (unpaired) electrons. The molecule has 2 aliphatic rings. The minimum atomic E-state index is 0.354. The molecule has 68 valence electrons. The summed E-state index contributed by atoms with van der Waals surface area (Å²) in [4.78, 5) is 10.5. The van der Waals surface area contributed by atoms with Crippen molar-refractivity contribution in [3.8, 4) is 0 Å². The Bertz CT molecular complexity index is 174. The molecule has 2 rings (SSSR count). The third-order valence-electron chi connectivity index (χ3n) is 3.67. The van der Waals surface area contributed by atoms with Crippen molar-refractivity contribution in [3.05, 3.63) is 0 Å². The van der Waals surface area contributed by atoms with E-state index in [4.69, 9.17) is 5.73 Å². The minimum absolute atomic E-state index is 0.354. The maximum Gasteiger partial charge on any atom is 0.123 e. The molecule has 2 N–H and O–H groups in total. The zero-order valence-electron chi connectivity index (χ0n) is 7.46. The average Bonchev–Trinajstić information content (AvgIpc) is 2.04. The number of aldehydes is 1. The SMILES string of the molecule is NC1CC2(CCC(C=O)CC2)C1. The molecule has 2 nitrogen and oxygen atoms in total. The van der Waals surface area contributed by atoms with E-state index in [1.165, 1.54) is 25.7 Å². The Kier molecular flexibility index (Phi) is 1.95. The number of hydrogen-bond donors (Lipinski definition) is 1. The first-order valence-electron chi connectivity index (χ1n) is 4.95. The summed E-state index contributed by atoms with van der Waals surface area (Å²) in [6.45, 7) is 0. The zero-order valence-corrected chi connectivity index (χ0v) is 7.46. The second-order valence-electron chi connectivity index (χ2n) is 4.64. The molecule has 2 fully saturated rings. The topological polar surface area (TPSA) is 43.1 Å². The van der Waals surface area contributed by atoms with Crippen molar-refractivity contribution in [1.82, 2.24) is 0 Å². The highest BCUT2D eigenvalue weighted by Crippen LogP contribution is 2.51. The van der Waals surface area contributed by atoms with E-state index in [1.807, 2.05) is 0 Å². The van der Waals surface area contributed by atoms with Crippen molar-refractivity contribution in [2.24, 2.45) is 17.1 Å². The highest BCUT2D eigenvalue weighted by Gasteiger charge is 2.44. The smallest absolute Gasteiger partial charge is 0.123 e. The third-order valence-corrected chi connectivity index (χ3v) is 3.67. The Morgan fingerprint density at radius 2 is 1.83 bits per heavy atom. The van der Waals surface area contributed by atoms with Gasteiger partial charge in [0.05, 0.1) is 0 Å². The standard InChI is InChI=1S/C10H17NO/c11-9-5-10(6-9)3-1-8(7-12)2-4-10/h7-9H,1-6,11H2. The van der Waals surface area contributed by atoms with E-state index in [1.54, 1.807) is 0 Å². The molecule has 0 aromatic carbocycles. The molecule has 0 unspecified atom stereocenters. The third kappa shape index (κ3) is 1.28. The number of carbonyl (C=O) groups is 1. The molecule has 0 saturated heterocycles. The van der Waals surface area contributed by atoms with E-state index in [9.17, 15) is 4.79 Å². The van der Waals surface area contributed by atoms with Crippen LogP contribution < -0.4 is 5.73 Å². The summed E-state index contributed by atoms with van der Waals surface area (Å²) in [5, 5.41) is 0. The van der Waals surface area contributed by atoms with Crippen molar-refractivity contribution in [3.63, 3.8) is 0 Å². The van der Waals surface area contributed by atoms with E-state index in [2.05, 4.69) is 0 Å². The molecular formula is C10H17NO. The van der Waals surface area contributed by atoms with Crippen molar-refractivity contribution in [2.75, 3.05) is 0 Å². The van der Waals surface area contributed by atoms with Crippen LogP contribution in [0.25, 0.3) is 0 Å². The molecule has 0 aliphatic heterocycles. The molecule has 2 saturated carbocycles. The van der Waals surface area contributed by atoms with E-state index in [-0.39, 0.29) is 0 Å². The molecule has 0 aromatic rings. The lowest BCUT2D eigenvalue weighted by atomic mass is 9.57. The van der Waals surface area contributed by atoms with E-state index < -0.39 is 0 Å². The lowest BCUT2D eigenvalue weighted by molar-refractivity contribution is -0.113.